The second-order valence-corrected chi connectivity index (χ2v) is 3.34. The Bertz CT molecular complexity index is 244. The molecule has 0 aromatic carbocycles. The molecule has 1 amide bonds. The van der Waals surface area contributed by atoms with Crippen molar-refractivity contribution in [3.8, 4) is 0 Å². The summed E-state index contributed by atoms with van der Waals surface area (Å²) in [4.78, 5) is 22.6. The SMILES string of the molecule is COC(=O)[C@@H](C)NC(=O)C1COCCN1.Cl. The Labute approximate surface area is 100 Å². The molecule has 16 heavy (non-hydrogen) atoms. The molecule has 1 aliphatic rings. The van der Waals surface area contributed by atoms with Gasteiger partial charge in [0.2, 0.25) is 5.91 Å². The predicted octanol–water partition coefficient (Wildman–Crippen LogP) is -0.926. The molecule has 1 unspecified atom stereocenters. The highest BCUT2D eigenvalue weighted by Crippen LogP contribution is 1.95. The van der Waals surface area contributed by atoms with E-state index in [-0.39, 0.29) is 24.4 Å². The number of esters is 1. The lowest BCUT2D eigenvalue weighted by molar-refractivity contribution is -0.145. The van der Waals surface area contributed by atoms with Crippen molar-refractivity contribution >= 4 is 24.3 Å². The summed E-state index contributed by atoms with van der Waals surface area (Å²) in [5.74, 6) is -0.701. The summed E-state index contributed by atoms with van der Waals surface area (Å²) in [7, 11) is 1.28. The Morgan fingerprint density at radius 1 is 1.56 bits per heavy atom. The van der Waals surface area contributed by atoms with E-state index >= 15 is 0 Å². The molecular weight excluding hydrogens is 236 g/mol. The zero-order valence-corrected chi connectivity index (χ0v) is 10.1. The van der Waals surface area contributed by atoms with E-state index in [9.17, 15) is 9.59 Å². The van der Waals surface area contributed by atoms with Gasteiger partial charge in [0, 0.05) is 6.54 Å². The third-order valence-corrected chi connectivity index (χ3v) is 2.15. The van der Waals surface area contributed by atoms with E-state index < -0.39 is 12.0 Å². The summed E-state index contributed by atoms with van der Waals surface area (Å²) in [6, 6.07) is -1.02. The van der Waals surface area contributed by atoms with E-state index in [2.05, 4.69) is 15.4 Å². The first kappa shape index (κ1) is 15.2. The topological polar surface area (TPSA) is 76.7 Å². The van der Waals surface area contributed by atoms with Crippen molar-refractivity contribution in [3.05, 3.63) is 0 Å². The zero-order chi connectivity index (χ0) is 11.3. The molecule has 0 saturated carbocycles. The maximum Gasteiger partial charge on any atom is 0.328 e. The van der Waals surface area contributed by atoms with Crippen LogP contribution in [0.15, 0.2) is 0 Å². The van der Waals surface area contributed by atoms with Crippen LogP contribution in [0.5, 0.6) is 0 Å². The van der Waals surface area contributed by atoms with Crippen molar-refractivity contribution in [2.24, 2.45) is 0 Å². The molecule has 94 valence electrons. The first-order valence-electron chi connectivity index (χ1n) is 4.84. The van der Waals surface area contributed by atoms with Crippen LogP contribution in [0.25, 0.3) is 0 Å². The van der Waals surface area contributed by atoms with Gasteiger partial charge in [-0.3, -0.25) is 4.79 Å². The molecule has 0 bridgehead atoms. The highest BCUT2D eigenvalue weighted by atomic mass is 35.5. The molecule has 1 fully saturated rings. The van der Waals surface area contributed by atoms with Gasteiger partial charge in [-0.2, -0.15) is 0 Å². The lowest BCUT2D eigenvalue weighted by atomic mass is 10.2. The average Bonchev–Trinajstić information content (AvgIpc) is 2.29. The number of amides is 1. The van der Waals surface area contributed by atoms with E-state index in [4.69, 9.17) is 4.74 Å². The molecular formula is C9H17ClN2O4. The van der Waals surface area contributed by atoms with Crippen molar-refractivity contribution in [3.63, 3.8) is 0 Å². The fraction of sp³-hybridized carbons (Fsp3) is 0.778. The number of rotatable bonds is 3. The molecule has 1 saturated heterocycles. The first-order chi connectivity index (χ1) is 7.15. The standard InChI is InChI=1S/C9H16N2O4.ClH/c1-6(9(13)14-2)11-8(12)7-5-15-4-3-10-7;/h6-7,10H,3-5H2,1-2H3,(H,11,12);1H/t6-,7?;/m1./s1. The van der Waals surface area contributed by atoms with Crippen molar-refractivity contribution in [1.82, 2.24) is 10.6 Å². The van der Waals surface area contributed by atoms with Crippen LogP contribution in [0.2, 0.25) is 0 Å². The number of halogens is 1. The van der Waals surface area contributed by atoms with Gasteiger partial charge >= 0.3 is 5.97 Å². The lowest BCUT2D eigenvalue weighted by Crippen LogP contribution is -2.54. The number of methoxy groups -OCH3 is 1. The van der Waals surface area contributed by atoms with E-state index in [1.807, 2.05) is 0 Å². The minimum atomic E-state index is -0.633. The van der Waals surface area contributed by atoms with Crippen LogP contribution in [-0.4, -0.2) is 50.8 Å². The van der Waals surface area contributed by atoms with Crippen LogP contribution in [0.4, 0.5) is 0 Å². The van der Waals surface area contributed by atoms with Crippen molar-refractivity contribution in [2.45, 2.75) is 19.0 Å². The van der Waals surface area contributed by atoms with Gasteiger partial charge in [-0.05, 0) is 6.92 Å². The maximum atomic E-state index is 11.6. The summed E-state index contributed by atoms with van der Waals surface area (Å²) < 4.78 is 9.63. The second kappa shape index (κ2) is 7.43. The van der Waals surface area contributed by atoms with Gasteiger partial charge in [-0.1, -0.05) is 0 Å². The summed E-state index contributed by atoms with van der Waals surface area (Å²) in [6.45, 7) is 3.16. The summed E-state index contributed by atoms with van der Waals surface area (Å²) in [5, 5.41) is 5.54. The normalized spacial score (nSPS) is 21.5. The van der Waals surface area contributed by atoms with Crippen LogP contribution in [0.1, 0.15) is 6.92 Å². The van der Waals surface area contributed by atoms with Crippen LogP contribution in [0.3, 0.4) is 0 Å². The molecule has 1 aliphatic heterocycles. The highest BCUT2D eigenvalue weighted by molar-refractivity contribution is 5.87. The molecule has 6 nitrogen and oxygen atoms in total. The molecule has 0 radical (unpaired) electrons. The number of carbonyl (C=O) groups is 2. The fourth-order valence-electron chi connectivity index (χ4n) is 1.28. The van der Waals surface area contributed by atoms with Gasteiger partial charge in [0.15, 0.2) is 0 Å². The Hall–Kier alpha value is -0.850. The van der Waals surface area contributed by atoms with E-state index in [0.717, 1.165) is 0 Å². The smallest absolute Gasteiger partial charge is 0.328 e. The number of morpholine rings is 1. The Kier molecular flexibility index (Phi) is 7.03. The molecule has 1 heterocycles. The molecule has 2 atom stereocenters. The highest BCUT2D eigenvalue weighted by Gasteiger charge is 2.24. The largest absolute Gasteiger partial charge is 0.467 e. The maximum absolute atomic E-state index is 11.6. The number of nitrogens with one attached hydrogen (secondary N) is 2. The van der Waals surface area contributed by atoms with Gasteiger partial charge in [-0.25, -0.2) is 4.79 Å². The first-order valence-corrected chi connectivity index (χ1v) is 4.84. The van der Waals surface area contributed by atoms with E-state index in [1.165, 1.54) is 7.11 Å². The summed E-state index contributed by atoms with van der Waals surface area (Å²) in [6.07, 6.45) is 0. The third kappa shape index (κ3) is 4.34. The van der Waals surface area contributed by atoms with Crippen molar-refractivity contribution in [2.75, 3.05) is 26.9 Å². The monoisotopic (exact) mass is 252 g/mol. The van der Waals surface area contributed by atoms with Crippen molar-refractivity contribution < 1.29 is 19.1 Å². The molecule has 1 rings (SSSR count). The van der Waals surface area contributed by atoms with Gasteiger partial charge in [-0.15, -0.1) is 12.4 Å². The van der Waals surface area contributed by atoms with E-state index in [0.29, 0.717) is 19.8 Å². The molecule has 0 aliphatic carbocycles. The fourth-order valence-corrected chi connectivity index (χ4v) is 1.28. The molecule has 0 aromatic heterocycles. The second-order valence-electron chi connectivity index (χ2n) is 3.34. The van der Waals surface area contributed by atoms with Gasteiger partial charge in [0.1, 0.15) is 12.1 Å². The molecule has 0 aromatic rings. The van der Waals surface area contributed by atoms with Crippen LogP contribution < -0.4 is 10.6 Å². The number of ether oxygens (including phenoxy) is 2. The van der Waals surface area contributed by atoms with Crippen LogP contribution >= 0.6 is 12.4 Å². The Balaban J connectivity index is 0.00000225. The number of hydrogen-bond acceptors (Lipinski definition) is 5. The molecule has 0 spiro atoms. The van der Waals surface area contributed by atoms with Crippen molar-refractivity contribution in [1.29, 1.82) is 0 Å². The minimum Gasteiger partial charge on any atom is -0.467 e. The van der Waals surface area contributed by atoms with Crippen LogP contribution in [0, 0.1) is 0 Å². The summed E-state index contributed by atoms with van der Waals surface area (Å²) in [5.41, 5.74) is 0. The minimum absolute atomic E-state index is 0. The number of carbonyl (C=O) groups excluding carboxylic acids is 2. The Morgan fingerprint density at radius 2 is 2.25 bits per heavy atom. The zero-order valence-electron chi connectivity index (χ0n) is 9.32. The predicted molar refractivity (Wildman–Crippen MR) is 59.5 cm³/mol. The van der Waals surface area contributed by atoms with Gasteiger partial charge in [0.25, 0.3) is 0 Å². The lowest BCUT2D eigenvalue weighted by Gasteiger charge is -2.24. The molecule has 7 heteroatoms. The number of hydrogen-bond donors (Lipinski definition) is 2. The van der Waals surface area contributed by atoms with Gasteiger partial charge in [0.05, 0.1) is 20.3 Å². The molecule has 2 N–H and O–H groups in total. The summed E-state index contributed by atoms with van der Waals surface area (Å²) >= 11 is 0. The average molecular weight is 253 g/mol. The van der Waals surface area contributed by atoms with E-state index in [1.54, 1.807) is 6.92 Å². The Morgan fingerprint density at radius 3 is 2.75 bits per heavy atom. The van der Waals surface area contributed by atoms with Gasteiger partial charge < -0.3 is 20.1 Å². The quantitative estimate of drug-likeness (QED) is 0.635. The third-order valence-electron chi connectivity index (χ3n) is 2.15. The van der Waals surface area contributed by atoms with Crippen LogP contribution in [-0.2, 0) is 19.1 Å².